The van der Waals surface area contributed by atoms with Crippen LogP contribution in [-0.2, 0) is 30.6 Å². The van der Waals surface area contributed by atoms with Crippen molar-refractivity contribution in [3.05, 3.63) is 40.7 Å². The van der Waals surface area contributed by atoms with Gasteiger partial charge < -0.3 is 14.4 Å². The summed E-state index contributed by atoms with van der Waals surface area (Å²) in [7, 11) is 3.51. The lowest BCUT2D eigenvalue weighted by Crippen LogP contribution is -2.38. The van der Waals surface area contributed by atoms with Crippen molar-refractivity contribution in [1.82, 2.24) is 15.1 Å². The zero-order valence-corrected chi connectivity index (χ0v) is 16.1. The van der Waals surface area contributed by atoms with E-state index in [1.807, 2.05) is 25.2 Å². The van der Waals surface area contributed by atoms with Gasteiger partial charge in [-0.3, -0.25) is 9.89 Å². The fraction of sp³-hybridized carbons (Fsp3) is 0.524. The molecule has 0 saturated carbocycles. The molecule has 6 heteroatoms. The van der Waals surface area contributed by atoms with Crippen LogP contribution in [0.1, 0.15) is 41.8 Å². The zero-order chi connectivity index (χ0) is 18.8. The van der Waals surface area contributed by atoms with Gasteiger partial charge in [0, 0.05) is 12.7 Å². The number of H-pyrrole nitrogens is 1. The first-order valence-corrected chi connectivity index (χ1v) is 9.75. The van der Waals surface area contributed by atoms with Crippen molar-refractivity contribution in [1.29, 1.82) is 0 Å². The second kappa shape index (κ2) is 7.62. The number of carbonyl (C=O) groups is 1. The summed E-state index contributed by atoms with van der Waals surface area (Å²) in [6.45, 7) is 0.966. The molecule has 1 amide bonds. The van der Waals surface area contributed by atoms with E-state index in [1.165, 1.54) is 30.5 Å². The normalized spacial score (nSPS) is 18.7. The number of nitrogens with zero attached hydrogens (tertiary/aromatic N) is 2. The molecule has 1 atom stereocenters. The number of hydrogen-bond donors (Lipinski definition) is 1. The molecule has 2 aromatic rings. The van der Waals surface area contributed by atoms with Crippen LogP contribution in [0.2, 0.25) is 0 Å². The first-order valence-electron chi connectivity index (χ1n) is 9.75. The Hall–Kier alpha value is -2.50. The van der Waals surface area contributed by atoms with Crippen molar-refractivity contribution >= 4 is 5.91 Å². The highest BCUT2D eigenvalue weighted by Crippen LogP contribution is 2.31. The predicted molar refractivity (Wildman–Crippen MR) is 102 cm³/mol. The first kappa shape index (κ1) is 17.9. The number of hydrogen-bond acceptors (Lipinski definition) is 4. The molecule has 1 aromatic carbocycles. The standard InChI is InChI=1S/C21H27N3O3/c1-24(12-19-17-6-4-3-5-7-18(17)22-23-19)21(25)15-10-14-11-16(26-2)8-9-20(14)27-13-15/h8-9,11,15H,3-7,10,12-13H2,1-2H3,(H,22,23)/t15-/m0/s1. The van der Waals surface area contributed by atoms with Crippen LogP contribution in [0.5, 0.6) is 11.5 Å². The average molecular weight is 369 g/mol. The number of aromatic amines is 1. The summed E-state index contributed by atoms with van der Waals surface area (Å²) in [5, 5.41) is 7.69. The maximum atomic E-state index is 13.0. The summed E-state index contributed by atoms with van der Waals surface area (Å²) in [5.74, 6) is 1.57. The minimum Gasteiger partial charge on any atom is -0.497 e. The van der Waals surface area contributed by atoms with Gasteiger partial charge in [0.15, 0.2) is 0 Å². The van der Waals surface area contributed by atoms with E-state index in [-0.39, 0.29) is 11.8 Å². The summed E-state index contributed by atoms with van der Waals surface area (Å²) >= 11 is 0. The largest absolute Gasteiger partial charge is 0.497 e. The van der Waals surface area contributed by atoms with Crippen molar-refractivity contribution < 1.29 is 14.3 Å². The van der Waals surface area contributed by atoms with Gasteiger partial charge in [-0.25, -0.2) is 0 Å². The number of fused-ring (bicyclic) bond motifs is 2. The zero-order valence-electron chi connectivity index (χ0n) is 16.1. The van der Waals surface area contributed by atoms with Crippen LogP contribution >= 0.6 is 0 Å². The van der Waals surface area contributed by atoms with Crippen molar-refractivity contribution in [2.45, 2.75) is 45.1 Å². The third kappa shape index (κ3) is 3.66. The molecule has 0 radical (unpaired) electrons. The van der Waals surface area contributed by atoms with Gasteiger partial charge in [0.2, 0.25) is 5.91 Å². The van der Waals surface area contributed by atoms with Crippen molar-refractivity contribution in [2.24, 2.45) is 5.92 Å². The minimum atomic E-state index is -0.174. The highest BCUT2D eigenvalue weighted by Gasteiger charge is 2.29. The lowest BCUT2D eigenvalue weighted by molar-refractivity contribution is -0.136. The van der Waals surface area contributed by atoms with E-state index in [2.05, 4.69) is 10.2 Å². The van der Waals surface area contributed by atoms with E-state index in [4.69, 9.17) is 9.47 Å². The first-order chi connectivity index (χ1) is 13.2. The summed E-state index contributed by atoms with van der Waals surface area (Å²) < 4.78 is 11.1. The molecule has 2 heterocycles. The van der Waals surface area contributed by atoms with Gasteiger partial charge in [-0.05, 0) is 61.4 Å². The molecular formula is C21H27N3O3. The van der Waals surface area contributed by atoms with Gasteiger partial charge in [0.05, 0.1) is 25.3 Å². The number of benzene rings is 1. The molecule has 1 N–H and O–H groups in total. The number of ether oxygens (including phenoxy) is 2. The fourth-order valence-corrected chi connectivity index (χ4v) is 4.13. The summed E-state index contributed by atoms with van der Waals surface area (Å²) in [5.41, 5.74) is 4.62. The van der Waals surface area contributed by atoms with E-state index in [9.17, 15) is 4.79 Å². The van der Waals surface area contributed by atoms with E-state index in [0.29, 0.717) is 19.6 Å². The minimum absolute atomic E-state index is 0.105. The number of rotatable bonds is 4. The van der Waals surface area contributed by atoms with Crippen LogP contribution in [0.3, 0.4) is 0 Å². The van der Waals surface area contributed by atoms with E-state index < -0.39 is 0 Å². The smallest absolute Gasteiger partial charge is 0.229 e. The molecular weight excluding hydrogens is 342 g/mol. The Morgan fingerprint density at radius 1 is 1.33 bits per heavy atom. The van der Waals surface area contributed by atoms with Gasteiger partial charge in [0.25, 0.3) is 0 Å². The Balaban J connectivity index is 1.44. The second-order valence-corrected chi connectivity index (χ2v) is 7.57. The van der Waals surface area contributed by atoms with Gasteiger partial charge in [-0.15, -0.1) is 0 Å². The molecule has 144 valence electrons. The van der Waals surface area contributed by atoms with E-state index in [1.54, 1.807) is 12.0 Å². The van der Waals surface area contributed by atoms with E-state index in [0.717, 1.165) is 35.6 Å². The molecule has 0 unspecified atom stereocenters. The van der Waals surface area contributed by atoms with Crippen LogP contribution in [0.25, 0.3) is 0 Å². The van der Waals surface area contributed by atoms with Crippen LogP contribution in [0, 0.1) is 5.92 Å². The van der Waals surface area contributed by atoms with Crippen molar-refractivity contribution in [2.75, 3.05) is 20.8 Å². The van der Waals surface area contributed by atoms with Crippen molar-refractivity contribution in [3.8, 4) is 11.5 Å². The molecule has 0 bridgehead atoms. The summed E-state index contributed by atoms with van der Waals surface area (Å²) in [6, 6.07) is 5.76. The number of aryl methyl sites for hydroxylation is 1. The van der Waals surface area contributed by atoms with Crippen LogP contribution in [-0.4, -0.2) is 41.8 Å². The van der Waals surface area contributed by atoms with Crippen molar-refractivity contribution in [3.63, 3.8) is 0 Å². The Bertz CT molecular complexity index is 830. The highest BCUT2D eigenvalue weighted by molar-refractivity contribution is 5.79. The molecule has 4 rings (SSSR count). The average Bonchev–Trinajstić information content (AvgIpc) is 2.92. The molecule has 1 aromatic heterocycles. The Morgan fingerprint density at radius 2 is 2.19 bits per heavy atom. The fourth-order valence-electron chi connectivity index (χ4n) is 4.13. The van der Waals surface area contributed by atoms with Crippen LogP contribution in [0.4, 0.5) is 0 Å². The summed E-state index contributed by atoms with van der Waals surface area (Å²) in [6.07, 6.45) is 6.48. The second-order valence-electron chi connectivity index (χ2n) is 7.57. The lowest BCUT2D eigenvalue weighted by Gasteiger charge is -2.28. The Morgan fingerprint density at radius 3 is 3.04 bits per heavy atom. The molecule has 2 aliphatic rings. The molecule has 0 saturated heterocycles. The molecule has 6 nitrogen and oxygen atoms in total. The van der Waals surface area contributed by atoms with Gasteiger partial charge >= 0.3 is 0 Å². The monoisotopic (exact) mass is 369 g/mol. The predicted octanol–water partition coefficient (Wildman–Crippen LogP) is 2.90. The molecule has 27 heavy (non-hydrogen) atoms. The molecule has 0 spiro atoms. The Kier molecular flexibility index (Phi) is 5.05. The molecule has 0 fully saturated rings. The number of nitrogens with one attached hydrogen (secondary N) is 1. The third-order valence-electron chi connectivity index (χ3n) is 5.68. The Labute approximate surface area is 159 Å². The van der Waals surface area contributed by atoms with Crippen LogP contribution in [0.15, 0.2) is 18.2 Å². The topological polar surface area (TPSA) is 67.5 Å². The van der Waals surface area contributed by atoms with Gasteiger partial charge in [-0.1, -0.05) is 6.42 Å². The van der Waals surface area contributed by atoms with E-state index >= 15 is 0 Å². The number of aromatic nitrogens is 2. The van der Waals surface area contributed by atoms with Gasteiger partial charge in [0.1, 0.15) is 18.1 Å². The highest BCUT2D eigenvalue weighted by atomic mass is 16.5. The number of methoxy groups -OCH3 is 1. The quantitative estimate of drug-likeness (QED) is 0.842. The molecule has 1 aliphatic heterocycles. The third-order valence-corrected chi connectivity index (χ3v) is 5.68. The van der Waals surface area contributed by atoms with Crippen LogP contribution < -0.4 is 9.47 Å². The maximum Gasteiger partial charge on any atom is 0.229 e. The maximum absolute atomic E-state index is 13.0. The molecule has 1 aliphatic carbocycles. The number of amides is 1. The van der Waals surface area contributed by atoms with Gasteiger partial charge in [-0.2, -0.15) is 5.10 Å². The lowest BCUT2D eigenvalue weighted by atomic mass is 9.95. The summed E-state index contributed by atoms with van der Waals surface area (Å²) in [4.78, 5) is 14.8. The SMILES string of the molecule is COc1ccc2c(c1)C[C@H](C(=O)N(C)Cc1n[nH]c3c1CCCCC3)CO2. The number of carbonyl (C=O) groups excluding carboxylic acids is 1.